The standard InChI is InChI=1S/C12H13FO3/c1-16-11-9-6-8(12(14)15)3-2-7(9)4-5-10(11)13/h4-5,8H,2-3,6H2,1H3,(H,14,15). The second-order valence-electron chi connectivity index (χ2n) is 4.00. The van der Waals surface area contributed by atoms with Gasteiger partial charge in [-0.2, -0.15) is 0 Å². The van der Waals surface area contributed by atoms with Crippen molar-refractivity contribution in [1.29, 1.82) is 0 Å². The molecule has 0 spiro atoms. The molecule has 0 aromatic heterocycles. The van der Waals surface area contributed by atoms with Crippen LogP contribution >= 0.6 is 0 Å². The van der Waals surface area contributed by atoms with E-state index in [1.54, 1.807) is 6.07 Å². The summed E-state index contributed by atoms with van der Waals surface area (Å²) < 4.78 is 18.4. The third-order valence-electron chi connectivity index (χ3n) is 3.08. The highest BCUT2D eigenvalue weighted by atomic mass is 19.1. The van der Waals surface area contributed by atoms with Gasteiger partial charge in [0.1, 0.15) is 0 Å². The van der Waals surface area contributed by atoms with Crippen LogP contribution in [0.3, 0.4) is 0 Å². The molecule has 0 amide bonds. The third-order valence-corrected chi connectivity index (χ3v) is 3.08. The van der Waals surface area contributed by atoms with Gasteiger partial charge in [0.2, 0.25) is 0 Å². The van der Waals surface area contributed by atoms with Gasteiger partial charge in [0.25, 0.3) is 0 Å². The molecular formula is C12H13FO3. The lowest BCUT2D eigenvalue weighted by Crippen LogP contribution is -2.22. The summed E-state index contributed by atoms with van der Waals surface area (Å²) >= 11 is 0. The van der Waals surface area contributed by atoms with Gasteiger partial charge in [-0.05, 0) is 30.9 Å². The Kier molecular flexibility index (Phi) is 2.81. The van der Waals surface area contributed by atoms with Crippen molar-refractivity contribution in [3.63, 3.8) is 0 Å². The second-order valence-corrected chi connectivity index (χ2v) is 4.00. The third kappa shape index (κ3) is 1.75. The fourth-order valence-corrected chi connectivity index (χ4v) is 2.21. The SMILES string of the molecule is COc1c(F)ccc2c1CC(C(=O)O)CC2. The Bertz CT molecular complexity index is 429. The van der Waals surface area contributed by atoms with Gasteiger partial charge < -0.3 is 9.84 Å². The lowest BCUT2D eigenvalue weighted by atomic mass is 9.83. The normalized spacial score (nSPS) is 19.0. The molecule has 1 aromatic carbocycles. The average Bonchev–Trinajstić information content (AvgIpc) is 2.28. The van der Waals surface area contributed by atoms with E-state index in [4.69, 9.17) is 9.84 Å². The molecule has 3 nitrogen and oxygen atoms in total. The molecule has 2 rings (SSSR count). The molecule has 0 bridgehead atoms. The molecule has 0 radical (unpaired) electrons. The number of hydrogen-bond donors (Lipinski definition) is 1. The highest BCUT2D eigenvalue weighted by Gasteiger charge is 2.27. The van der Waals surface area contributed by atoms with E-state index in [0.29, 0.717) is 24.8 Å². The van der Waals surface area contributed by atoms with Crippen molar-refractivity contribution in [2.45, 2.75) is 19.3 Å². The zero-order valence-corrected chi connectivity index (χ0v) is 9.00. The summed E-state index contributed by atoms with van der Waals surface area (Å²) in [6.07, 6.45) is 1.63. The predicted molar refractivity (Wildman–Crippen MR) is 56.1 cm³/mol. The Morgan fingerprint density at radius 2 is 2.31 bits per heavy atom. The van der Waals surface area contributed by atoms with Crippen molar-refractivity contribution in [2.75, 3.05) is 7.11 Å². The summed E-state index contributed by atoms with van der Waals surface area (Å²) in [6, 6.07) is 3.09. The largest absolute Gasteiger partial charge is 0.493 e. The topological polar surface area (TPSA) is 46.5 Å². The van der Waals surface area contributed by atoms with E-state index >= 15 is 0 Å². The van der Waals surface area contributed by atoms with Crippen molar-refractivity contribution < 1.29 is 19.0 Å². The van der Waals surface area contributed by atoms with Crippen LogP contribution in [0.25, 0.3) is 0 Å². The monoisotopic (exact) mass is 224 g/mol. The van der Waals surface area contributed by atoms with Crippen LogP contribution in [0.4, 0.5) is 4.39 Å². The van der Waals surface area contributed by atoms with Crippen molar-refractivity contribution >= 4 is 5.97 Å². The Morgan fingerprint density at radius 3 is 2.94 bits per heavy atom. The fraction of sp³-hybridized carbons (Fsp3) is 0.417. The van der Waals surface area contributed by atoms with Crippen LogP contribution in [-0.2, 0) is 17.6 Å². The number of benzene rings is 1. The zero-order valence-electron chi connectivity index (χ0n) is 9.00. The Hall–Kier alpha value is -1.58. The molecule has 1 N–H and O–H groups in total. The Balaban J connectivity index is 2.41. The molecule has 0 saturated carbocycles. The number of carboxylic acids is 1. The number of aryl methyl sites for hydroxylation is 1. The van der Waals surface area contributed by atoms with E-state index in [2.05, 4.69) is 0 Å². The molecule has 1 unspecified atom stereocenters. The van der Waals surface area contributed by atoms with Crippen LogP contribution in [0.1, 0.15) is 17.5 Å². The molecule has 16 heavy (non-hydrogen) atoms. The number of halogens is 1. The van der Waals surface area contributed by atoms with E-state index in [1.807, 2.05) is 0 Å². The molecule has 0 fully saturated rings. The first kappa shape index (κ1) is 10.9. The van der Waals surface area contributed by atoms with Gasteiger partial charge in [-0.1, -0.05) is 6.07 Å². The summed E-state index contributed by atoms with van der Waals surface area (Å²) in [5.74, 6) is -1.48. The van der Waals surface area contributed by atoms with Crippen molar-refractivity contribution in [3.8, 4) is 5.75 Å². The van der Waals surface area contributed by atoms with E-state index in [1.165, 1.54) is 13.2 Å². The van der Waals surface area contributed by atoms with Crippen molar-refractivity contribution in [3.05, 3.63) is 29.1 Å². The summed E-state index contributed by atoms with van der Waals surface area (Å²) in [5, 5.41) is 8.96. The van der Waals surface area contributed by atoms with Gasteiger partial charge in [0, 0.05) is 5.56 Å². The van der Waals surface area contributed by atoms with Gasteiger partial charge in [0.05, 0.1) is 13.0 Å². The maximum atomic E-state index is 13.4. The molecule has 0 aliphatic heterocycles. The lowest BCUT2D eigenvalue weighted by molar-refractivity contribution is -0.142. The van der Waals surface area contributed by atoms with Crippen LogP contribution in [0, 0.1) is 11.7 Å². The molecule has 0 saturated heterocycles. The van der Waals surface area contributed by atoms with Crippen LogP contribution in [0.15, 0.2) is 12.1 Å². The molecule has 1 aromatic rings. The molecule has 4 heteroatoms. The van der Waals surface area contributed by atoms with Crippen LogP contribution in [0.5, 0.6) is 5.75 Å². The number of methoxy groups -OCH3 is 1. The van der Waals surface area contributed by atoms with Gasteiger partial charge in [-0.3, -0.25) is 4.79 Å². The quantitative estimate of drug-likeness (QED) is 0.836. The summed E-state index contributed by atoms with van der Waals surface area (Å²) in [4.78, 5) is 10.9. The van der Waals surface area contributed by atoms with Crippen molar-refractivity contribution in [1.82, 2.24) is 0 Å². The molecule has 1 aliphatic carbocycles. The molecule has 1 atom stereocenters. The highest BCUT2D eigenvalue weighted by Crippen LogP contribution is 2.34. The van der Waals surface area contributed by atoms with Crippen LogP contribution < -0.4 is 4.74 Å². The zero-order chi connectivity index (χ0) is 11.7. The first-order valence-corrected chi connectivity index (χ1v) is 5.20. The maximum Gasteiger partial charge on any atom is 0.306 e. The predicted octanol–water partition coefficient (Wildman–Crippen LogP) is 2.02. The first-order chi connectivity index (χ1) is 7.63. The number of fused-ring (bicyclic) bond motifs is 1. The van der Waals surface area contributed by atoms with Gasteiger partial charge in [-0.15, -0.1) is 0 Å². The van der Waals surface area contributed by atoms with Gasteiger partial charge >= 0.3 is 5.97 Å². The van der Waals surface area contributed by atoms with Gasteiger partial charge in [0.15, 0.2) is 11.6 Å². The van der Waals surface area contributed by atoms with E-state index in [-0.39, 0.29) is 5.75 Å². The lowest BCUT2D eigenvalue weighted by Gasteiger charge is -2.23. The summed E-state index contributed by atoms with van der Waals surface area (Å²) in [6.45, 7) is 0. The number of carbonyl (C=O) groups is 1. The van der Waals surface area contributed by atoms with E-state index in [0.717, 1.165) is 5.56 Å². The highest BCUT2D eigenvalue weighted by molar-refractivity contribution is 5.71. The first-order valence-electron chi connectivity index (χ1n) is 5.20. The Morgan fingerprint density at radius 1 is 1.56 bits per heavy atom. The van der Waals surface area contributed by atoms with Crippen molar-refractivity contribution in [2.24, 2.45) is 5.92 Å². The summed E-state index contributed by atoms with van der Waals surface area (Å²) in [7, 11) is 1.41. The second kappa shape index (κ2) is 4.12. The minimum atomic E-state index is -0.822. The summed E-state index contributed by atoms with van der Waals surface area (Å²) in [5.41, 5.74) is 1.71. The molecule has 1 aliphatic rings. The number of ether oxygens (including phenoxy) is 1. The average molecular weight is 224 g/mol. The minimum absolute atomic E-state index is 0.198. The number of carboxylic acid groups (broad SMARTS) is 1. The molecule has 86 valence electrons. The fourth-order valence-electron chi connectivity index (χ4n) is 2.21. The van der Waals surface area contributed by atoms with Crippen LogP contribution in [-0.4, -0.2) is 18.2 Å². The molecule has 0 heterocycles. The minimum Gasteiger partial charge on any atom is -0.493 e. The number of hydrogen-bond acceptors (Lipinski definition) is 2. The van der Waals surface area contributed by atoms with Crippen LogP contribution in [0.2, 0.25) is 0 Å². The van der Waals surface area contributed by atoms with E-state index < -0.39 is 17.7 Å². The maximum absolute atomic E-state index is 13.4. The Labute approximate surface area is 92.9 Å². The number of rotatable bonds is 2. The van der Waals surface area contributed by atoms with Gasteiger partial charge in [-0.25, -0.2) is 4.39 Å². The number of aliphatic carboxylic acids is 1. The molecular weight excluding hydrogens is 211 g/mol. The smallest absolute Gasteiger partial charge is 0.306 e. The van der Waals surface area contributed by atoms with E-state index in [9.17, 15) is 9.18 Å².